The molecule has 2 unspecified atom stereocenters. The number of phenols is 1. The molecular formula is C22H20O11. The summed E-state index contributed by atoms with van der Waals surface area (Å²) in [7, 11) is 0. The van der Waals surface area contributed by atoms with Crippen LogP contribution in [0.4, 0.5) is 0 Å². The van der Waals surface area contributed by atoms with Crippen molar-refractivity contribution in [2.24, 2.45) is 0 Å². The first-order valence-electron chi connectivity index (χ1n) is 10.0. The predicted octanol–water partition coefficient (Wildman–Crippen LogP) is 0.0730. The molecule has 1 fully saturated rings. The smallest absolute Gasteiger partial charge is 0.231 e. The van der Waals surface area contributed by atoms with E-state index in [0.29, 0.717) is 17.1 Å². The van der Waals surface area contributed by atoms with Crippen molar-refractivity contribution in [3.8, 4) is 34.1 Å². The summed E-state index contributed by atoms with van der Waals surface area (Å²) in [6.07, 6.45) is -6.19. The van der Waals surface area contributed by atoms with Gasteiger partial charge in [0.25, 0.3) is 0 Å². The van der Waals surface area contributed by atoms with Gasteiger partial charge in [0.05, 0.1) is 12.2 Å². The normalized spacial score (nSPS) is 26.5. The van der Waals surface area contributed by atoms with Gasteiger partial charge in [-0.05, 0) is 17.7 Å². The van der Waals surface area contributed by atoms with Crippen molar-refractivity contribution >= 4 is 11.0 Å². The molecule has 5 rings (SSSR count). The van der Waals surface area contributed by atoms with Gasteiger partial charge in [0.1, 0.15) is 53.1 Å². The molecule has 3 heterocycles. The van der Waals surface area contributed by atoms with E-state index in [4.69, 9.17) is 23.4 Å². The number of phenolic OH excluding ortho intramolecular Hbond substituents is 1. The average molecular weight is 460 g/mol. The summed E-state index contributed by atoms with van der Waals surface area (Å²) in [6, 6.07) is 7.40. The summed E-state index contributed by atoms with van der Waals surface area (Å²) in [5, 5.41) is 49.7. The van der Waals surface area contributed by atoms with Crippen molar-refractivity contribution in [1.82, 2.24) is 0 Å². The number of hydrogen-bond acceptors (Lipinski definition) is 11. The maximum Gasteiger partial charge on any atom is 0.231 e. The number of hydrogen-bond donors (Lipinski definition) is 5. The van der Waals surface area contributed by atoms with Crippen LogP contribution >= 0.6 is 0 Å². The van der Waals surface area contributed by atoms with Gasteiger partial charge in [-0.1, -0.05) is 6.07 Å². The molecule has 0 radical (unpaired) electrons. The molecule has 0 aliphatic carbocycles. The molecule has 2 aromatic carbocycles. The third kappa shape index (κ3) is 3.65. The van der Waals surface area contributed by atoms with Crippen molar-refractivity contribution in [3.05, 3.63) is 46.8 Å². The third-order valence-corrected chi connectivity index (χ3v) is 5.61. The van der Waals surface area contributed by atoms with E-state index in [0.717, 1.165) is 6.07 Å². The van der Waals surface area contributed by atoms with Crippen LogP contribution in [0.2, 0.25) is 0 Å². The van der Waals surface area contributed by atoms with Crippen LogP contribution in [0.25, 0.3) is 22.1 Å². The maximum atomic E-state index is 13.1. The summed E-state index contributed by atoms with van der Waals surface area (Å²) in [5.41, 5.74) is 0.214. The molecule has 0 saturated carbocycles. The van der Waals surface area contributed by atoms with Gasteiger partial charge in [-0.25, -0.2) is 0 Å². The quantitative estimate of drug-likeness (QED) is 0.357. The number of benzene rings is 2. The Morgan fingerprint density at radius 2 is 1.79 bits per heavy atom. The zero-order valence-electron chi connectivity index (χ0n) is 17.0. The molecule has 33 heavy (non-hydrogen) atoms. The molecule has 0 amide bonds. The van der Waals surface area contributed by atoms with Gasteiger partial charge in [-0.3, -0.25) is 4.79 Å². The lowest BCUT2D eigenvalue weighted by Gasteiger charge is -2.39. The molecule has 1 aromatic heterocycles. The fourth-order valence-corrected chi connectivity index (χ4v) is 3.84. The first kappa shape index (κ1) is 21.5. The molecule has 174 valence electrons. The molecule has 5 atom stereocenters. The van der Waals surface area contributed by atoms with Gasteiger partial charge in [0.15, 0.2) is 11.5 Å². The molecule has 0 spiro atoms. The summed E-state index contributed by atoms with van der Waals surface area (Å²) < 4.78 is 27.0. The second-order valence-corrected chi connectivity index (χ2v) is 7.68. The second-order valence-electron chi connectivity index (χ2n) is 7.68. The summed E-state index contributed by atoms with van der Waals surface area (Å²) in [4.78, 5) is 13.1. The highest BCUT2D eigenvalue weighted by molar-refractivity contribution is 5.88. The number of aliphatic hydroxyl groups is 4. The Morgan fingerprint density at radius 1 is 1.00 bits per heavy atom. The molecule has 11 heteroatoms. The molecule has 3 aromatic rings. The maximum absolute atomic E-state index is 13.1. The molecule has 1 saturated heterocycles. The first-order chi connectivity index (χ1) is 15.9. The van der Waals surface area contributed by atoms with Crippen LogP contribution < -0.4 is 19.6 Å². The zero-order chi connectivity index (χ0) is 23.3. The predicted molar refractivity (Wildman–Crippen MR) is 110 cm³/mol. The number of aromatic hydroxyl groups is 1. The van der Waals surface area contributed by atoms with Crippen molar-refractivity contribution in [2.45, 2.75) is 30.7 Å². The lowest BCUT2D eigenvalue weighted by atomic mass is 9.99. The Hall–Kier alpha value is -3.35. The lowest BCUT2D eigenvalue weighted by Crippen LogP contribution is -2.60. The van der Waals surface area contributed by atoms with E-state index >= 15 is 0 Å². The fraction of sp³-hybridized carbons (Fsp3) is 0.318. The topological polar surface area (TPSA) is 168 Å². The number of aliphatic hydroxyl groups excluding tert-OH is 4. The van der Waals surface area contributed by atoms with Crippen LogP contribution in [0.15, 0.2) is 45.8 Å². The van der Waals surface area contributed by atoms with Crippen LogP contribution in [0.1, 0.15) is 0 Å². The van der Waals surface area contributed by atoms with Crippen LogP contribution in [0.3, 0.4) is 0 Å². The van der Waals surface area contributed by atoms with Gasteiger partial charge in [-0.15, -0.1) is 0 Å². The lowest BCUT2D eigenvalue weighted by molar-refractivity contribution is -0.277. The van der Waals surface area contributed by atoms with E-state index in [1.165, 1.54) is 12.3 Å². The summed E-state index contributed by atoms with van der Waals surface area (Å²) >= 11 is 0. The Labute approximate surface area is 185 Å². The average Bonchev–Trinajstić information content (AvgIpc) is 3.27. The van der Waals surface area contributed by atoms with Crippen molar-refractivity contribution < 1.29 is 48.9 Å². The minimum Gasteiger partial charge on any atom is -0.507 e. The first-order valence-corrected chi connectivity index (χ1v) is 10.0. The van der Waals surface area contributed by atoms with Gasteiger partial charge in [0.2, 0.25) is 18.5 Å². The largest absolute Gasteiger partial charge is 0.507 e. The highest BCUT2D eigenvalue weighted by Gasteiger charge is 2.44. The van der Waals surface area contributed by atoms with Crippen LogP contribution in [-0.2, 0) is 4.74 Å². The molecule has 2 aliphatic heterocycles. The number of ether oxygens (including phenoxy) is 4. The van der Waals surface area contributed by atoms with Crippen molar-refractivity contribution in [3.63, 3.8) is 0 Å². The zero-order valence-corrected chi connectivity index (χ0v) is 17.0. The Balaban J connectivity index is 1.47. The Morgan fingerprint density at radius 3 is 2.58 bits per heavy atom. The molecule has 2 aliphatic rings. The fourth-order valence-electron chi connectivity index (χ4n) is 3.84. The van der Waals surface area contributed by atoms with E-state index < -0.39 is 48.5 Å². The van der Waals surface area contributed by atoms with Crippen LogP contribution in [0.5, 0.6) is 23.0 Å². The Bertz CT molecular complexity index is 1250. The molecular weight excluding hydrogens is 440 g/mol. The van der Waals surface area contributed by atoms with Crippen LogP contribution in [0, 0.1) is 0 Å². The minimum absolute atomic E-state index is 0.00378. The van der Waals surface area contributed by atoms with Crippen molar-refractivity contribution in [1.29, 1.82) is 0 Å². The number of fused-ring (bicyclic) bond motifs is 2. The van der Waals surface area contributed by atoms with Gasteiger partial charge < -0.3 is 48.9 Å². The molecule has 0 bridgehead atoms. The molecule has 5 N–H and O–H groups in total. The SMILES string of the molecule is O=c1c(-c2ccc3c(c2)OCO3)coc2cc(O[C@@H]3OC(CO)[C@@H](O)[C@H](O)C3O)cc(O)c12. The van der Waals surface area contributed by atoms with Gasteiger partial charge >= 0.3 is 0 Å². The standard InChI is InChI=1S/C22H20O11/c23-6-16-19(26)20(27)21(28)22(33-16)32-10-4-12(24)17-15(5-10)29-7-11(18(17)25)9-1-2-13-14(3-9)31-8-30-13/h1-5,7,16,19-24,26-28H,6,8H2/t16?,19-,20+,21?,22-/m1/s1. The number of rotatable bonds is 4. The minimum atomic E-state index is -1.64. The van der Waals surface area contributed by atoms with E-state index in [9.17, 15) is 30.3 Å². The molecule has 11 nitrogen and oxygen atoms in total. The summed E-state index contributed by atoms with van der Waals surface area (Å²) in [6.45, 7) is -0.533. The monoisotopic (exact) mass is 460 g/mol. The van der Waals surface area contributed by atoms with E-state index in [1.54, 1.807) is 18.2 Å². The van der Waals surface area contributed by atoms with E-state index in [1.807, 2.05) is 0 Å². The van der Waals surface area contributed by atoms with Gasteiger partial charge in [-0.2, -0.15) is 0 Å². The van der Waals surface area contributed by atoms with Crippen molar-refractivity contribution in [2.75, 3.05) is 13.4 Å². The van der Waals surface area contributed by atoms with E-state index in [2.05, 4.69) is 0 Å². The highest BCUT2D eigenvalue weighted by atomic mass is 16.7. The Kier molecular flexibility index (Phi) is 5.35. The second kappa shape index (κ2) is 8.21. The highest BCUT2D eigenvalue weighted by Crippen LogP contribution is 2.37. The van der Waals surface area contributed by atoms with Gasteiger partial charge in [0, 0.05) is 12.1 Å². The third-order valence-electron chi connectivity index (χ3n) is 5.61. The van der Waals surface area contributed by atoms with Crippen LogP contribution in [-0.4, -0.2) is 69.6 Å². The summed E-state index contributed by atoms with van der Waals surface area (Å²) in [5.74, 6) is 0.563. The van der Waals surface area contributed by atoms with E-state index in [-0.39, 0.29) is 29.1 Å².